The number of nitrogens with one attached hydrogen (secondary N) is 2. The fraction of sp³-hybridized carbons (Fsp3) is 0.515. The van der Waals surface area contributed by atoms with Gasteiger partial charge in [0.25, 0.3) is 0 Å². The number of carbonyl (C=O) groups is 2. The molecule has 1 saturated heterocycles. The maximum absolute atomic E-state index is 14.4. The quantitative estimate of drug-likeness (QED) is 0.262. The maximum Gasteiger partial charge on any atom is 0.246 e. The second-order valence-electron chi connectivity index (χ2n) is 12.3. The summed E-state index contributed by atoms with van der Waals surface area (Å²) in [4.78, 5) is 39.0. The highest BCUT2D eigenvalue weighted by molar-refractivity contribution is 5.96. The largest absolute Gasteiger partial charge is 0.384 e. The number of nitrogens with two attached hydrogens (primary N) is 1. The van der Waals surface area contributed by atoms with Crippen molar-refractivity contribution in [1.29, 1.82) is 0 Å². The molecule has 8 nitrogen and oxygen atoms in total. The zero-order valence-corrected chi connectivity index (χ0v) is 27.7. The summed E-state index contributed by atoms with van der Waals surface area (Å²) in [5, 5.41) is 7.93. The molecule has 2 amide bonds. The van der Waals surface area contributed by atoms with E-state index in [-0.39, 0.29) is 61.0 Å². The lowest BCUT2D eigenvalue weighted by molar-refractivity contribution is -0.146. The molecule has 2 aromatic heterocycles. The zero-order chi connectivity index (χ0) is 28.4. The molecular formula is C33H45Cl3N6O2. The van der Waals surface area contributed by atoms with Crippen LogP contribution in [0.15, 0.2) is 48.7 Å². The van der Waals surface area contributed by atoms with Gasteiger partial charge in [-0.05, 0) is 73.8 Å². The molecule has 2 aliphatic carbocycles. The molecule has 1 aliphatic heterocycles. The summed E-state index contributed by atoms with van der Waals surface area (Å²) in [5.74, 6) is 1.27. The van der Waals surface area contributed by atoms with Gasteiger partial charge < -0.3 is 21.3 Å². The van der Waals surface area contributed by atoms with Crippen molar-refractivity contribution in [3.63, 3.8) is 0 Å². The highest BCUT2D eigenvalue weighted by Gasteiger charge is 2.66. The molecule has 6 rings (SSSR count). The zero-order valence-electron chi connectivity index (χ0n) is 25.3. The van der Waals surface area contributed by atoms with Crippen molar-refractivity contribution in [3.8, 4) is 0 Å². The van der Waals surface area contributed by atoms with E-state index in [0.29, 0.717) is 31.4 Å². The Hall–Kier alpha value is -2.65. The van der Waals surface area contributed by atoms with E-state index >= 15 is 0 Å². The number of anilines is 1. The normalized spacial score (nSPS) is 21.6. The third kappa shape index (κ3) is 7.41. The van der Waals surface area contributed by atoms with Crippen LogP contribution in [0.2, 0.25) is 0 Å². The van der Waals surface area contributed by atoms with E-state index in [1.807, 2.05) is 48.4 Å². The van der Waals surface area contributed by atoms with Gasteiger partial charge >= 0.3 is 0 Å². The first kappa shape index (κ1) is 35.8. The number of para-hydroxylation sites is 1. The molecule has 3 fully saturated rings. The smallest absolute Gasteiger partial charge is 0.246 e. The van der Waals surface area contributed by atoms with E-state index in [2.05, 4.69) is 26.7 Å². The van der Waals surface area contributed by atoms with Crippen LogP contribution in [0.4, 0.5) is 5.82 Å². The van der Waals surface area contributed by atoms with E-state index in [4.69, 9.17) is 5.73 Å². The SMILES string of the molecule is Cc1nc(N)ccc1CNC(=O)[C@]12C[C@H]1CCCN2C(=O)[C@@H](CC1CCCCC1)NCc1ccnc2ccccc12.Cl.Cl.Cl. The molecule has 2 saturated carbocycles. The lowest BCUT2D eigenvalue weighted by atomic mass is 9.84. The van der Waals surface area contributed by atoms with E-state index < -0.39 is 5.54 Å². The molecule has 3 heterocycles. The van der Waals surface area contributed by atoms with Gasteiger partial charge in [0, 0.05) is 36.9 Å². The van der Waals surface area contributed by atoms with Crippen molar-refractivity contribution in [1.82, 2.24) is 25.5 Å². The van der Waals surface area contributed by atoms with Gasteiger partial charge in [-0.25, -0.2) is 4.98 Å². The van der Waals surface area contributed by atoms with Gasteiger partial charge in [-0.1, -0.05) is 56.4 Å². The molecule has 1 aromatic carbocycles. The predicted octanol–water partition coefficient (Wildman–Crippen LogP) is 5.91. The minimum atomic E-state index is -0.736. The molecule has 3 aromatic rings. The van der Waals surface area contributed by atoms with Crippen LogP contribution in [-0.2, 0) is 22.7 Å². The van der Waals surface area contributed by atoms with Crippen LogP contribution < -0.4 is 16.4 Å². The van der Waals surface area contributed by atoms with Crippen LogP contribution in [0.25, 0.3) is 10.9 Å². The summed E-state index contributed by atoms with van der Waals surface area (Å²) < 4.78 is 0. The van der Waals surface area contributed by atoms with Crippen molar-refractivity contribution in [3.05, 3.63) is 65.5 Å². The number of fused-ring (bicyclic) bond motifs is 2. The average Bonchev–Trinajstić information content (AvgIpc) is 3.75. The van der Waals surface area contributed by atoms with E-state index in [1.54, 1.807) is 6.07 Å². The first-order chi connectivity index (χ1) is 20.0. The standard InChI is InChI=1S/C33H42N6O2.3ClH/c1-22-24(13-14-30(34)38-22)20-37-32(41)33-19-26(33)10-7-17-39(33)31(40)29(18-23-8-3-2-4-9-23)36-21-25-15-16-35-28-12-6-5-11-27(25)28;;;/h5-6,11-16,23,26,29,36H,2-4,7-10,17-21H2,1H3,(H2,34,38)(H,37,41);3*1H/t26-,29-,33+;;;/m1.../s1. The number of aryl methyl sites for hydroxylation is 1. The van der Waals surface area contributed by atoms with Crippen LogP contribution in [0, 0.1) is 18.8 Å². The average molecular weight is 664 g/mol. The predicted molar refractivity (Wildman–Crippen MR) is 182 cm³/mol. The monoisotopic (exact) mass is 662 g/mol. The molecule has 44 heavy (non-hydrogen) atoms. The Bertz CT molecular complexity index is 1430. The molecule has 0 radical (unpaired) electrons. The number of piperidine rings is 1. The Morgan fingerprint density at radius 3 is 2.52 bits per heavy atom. The van der Waals surface area contributed by atoms with Gasteiger partial charge in [0.15, 0.2) is 0 Å². The number of nitrogens with zero attached hydrogens (tertiary/aromatic N) is 3. The molecule has 3 aliphatic rings. The summed E-state index contributed by atoms with van der Waals surface area (Å²) in [6, 6.07) is 13.5. The fourth-order valence-corrected chi connectivity index (χ4v) is 7.27. The van der Waals surface area contributed by atoms with Crippen molar-refractivity contribution < 1.29 is 9.59 Å². The Kier molecular flexibility index (Phi) is 12.7. The Labute approximate surface area is 279 Å². The topological polar surface area (TPSA) is 113 Å². The maximum atomic E-state index is 14.4. The Morgan fingerprint density at radius 1 is 0.977 bits per heavy atom. The number of rotatable bonds is 9. The van der Waals surface area contributed by atoms with Crippen molar-refractivity contribution in [2.24, 2.45) is 11.8 Å². The molecule has 0 spiro atoms. The number of amides is 2. The molecule has 0 bridgehead atoms. The van der Waals surface area contributed by atoms with E-state index in [1.165, 1.54) is 32.1 Å². The summed E-state index contributed by atoms with van der Waals surface area (Å²) in [7, 11) is 0. The molecule has 3 atom stereocenters. The van der Waals surface area contributed by atoms with Crippen LogP contribution in [-0.4, -0.2) is 44.8 Å². The first-order valence-electron chi connectivity index (χ1n) is 15.3. The number of carbonyl (C=O) groups excluding carboxylic acids is 2. The van der Waals surface area contributed by atoms with Crippen LogP contribution >= 0.6 is 37.2 Å². The first-order valence-corrected chi connectivity index (χ1v) is 15.3. The molecule has 0 unspecified atom stereocenters. The fourth-order valence-electron chi connectivity index (χ4n) is 7.27. The van der Waals surface area contributed by atoms with Crippen molar-refractivity contribution >= 4 is 65.8 Å². The molecule has 4 N–H and O–H groups in total. The summed E-state index contributed by atoms with van der Waals surface area (Å²) >= 11 is 0. The van der Waals surface area contributed by atoms with Gasteiger partial charge in [0.05, 0.1) is 11.6 Å². The Balaban J connectivity index is 0.00000176. The number of benzene rings is 1. The van der Waals surface area contributed by atoms with Gasteiger partial charge in [-0.3, -0.25) is 14.6 Å². The summed E-state index contributed by atoms with van der Waals surface area (Å²) in [5.41, 5.74) is 8.93. The van der Waals surface area contributed by atoms with Gasteiger partial charge in [0.1, 0.15) is 11.4 Å². The minimum absolute atomic E-state index is 0. The highest BCUT2D eigenvalue weighted by atomic mass is 35.5. The number of nitrogen functional groups attached to an aromatic ring is 1. The van der Waals surface area contributed by atoms with Crippen LogP contribution in [0.1, 0.15) is 74.6 Å². The lowest BCUT2D eigenvalue weighted by Gasteiger charge is -2.39. The highest BCUT2D eigenvalue weighted by Crippen LogP contribution is 2.54. The summed E-state index contributed by atoms with van der Waals surface area (Å²) in [6.07, 6.45) is 11.4. The second-order valence-corrected chi connectivity index (χ2v) is 12.3. The van der Waals surface area contributed by atoms with Crippen molar-refractivity contribution in [2.75, 3.05) is 12.3 Å². The number of halogens is 3. The van der Waals surface area contributed by atoms with Gasteiger partial charge in [-0.2, -0.15) is 0 Å². The third-order valence-corrected chi connectivity index (χ3v) is 9.67. The number of aromatic nitrogens is 2. The van der Waals surface area contributed by atoms with Crippen molar-refractivity contribution in [2.45, 2.75) is 89.4 Å². The summed E-state index contributed by atoms with van der Waals surface area (Å²) in [6.45, 7) is 3.51. The number of pyridine rings is 2. The third-order valence-electron chi connectivity index (χ3n) is 9.67. The Morgan fingerprint density at radius 2 is 1.75 bits per heavy atom. The minimum Gasteiger partial charge on any atom is -0.384 e. The van der Waals surface area contributed by atoms with Crippen LogP contribution in [0.5, 0.6) is 0 Å². The lowest BCUT2D eigenvalue weighted by Crippen LogP contribution is -2.59. The van der Waals surface area contributed by atoms with Gasteiger partial charge in [-0.15, -0.1) is 37.2 Å². The van der Waals surface area contributed by atoms with Gasteiger partial charge in [0.2, 0.25) is 11.8 Å². The molecule has 11 heteroatoms. The number of hydrogen-bond acceptors (Lipinski definition) is 6. The van der Waals surface area contributed by atoms with Crippen LogP contribution in [0.3, 0.4) is 0 Å². The second kappa shape index (κ2) is 15.6. The van der Waals surface area contributed by atoms with E-state index in [9.17, 15) is 9.59 Å². The molecule has 240 valence electrons. The molecular weight excluding hydrogens is 619 g/mol. The number of likely N-dealkylation sites (tertiary alicyclic amines) is 1. The number of hydrogen-bond donors (Lipinski definition) is 3. The van der Waals surface area contributed by atoms with E-state index in [0.717, 1.165) is 53.4 Å².